The molecular weight excluding hydrogens is 577 g/mol. The molecule has 2 heterocycles. The van der Waals surface area contributed by atoms with Crippen LogP contribution in [0.5, 0.6) is 0 Å². The molecule has 0 amide bonds. The van der Waals surface area contributed by atoms with E-state index in [2.05, 4.69) is 158 Å². The maximum atomic E-state index is 6.84. The summed E-state index contributed by atoms with van der Waals surface area (Å²) in [5.41, 5.74) is 7.98. The molecule has 2 heteroatoms. The Morgan fingerprint density at radius 3 is 1.70 bits per heavy atom. The topological polar surface area (TPSA) is 13.1 Å². The van der Waals surface area contributed by atoms with Gasteiger partial charge in [-0.1, -0.05) is 140 Å². The molecule has 0 spiro atoms. The van der Waals surface area contributed by atoms with Gasteiger partial charge in [-0.2, -0.15) is 0 Å². The summed E-state index contributed by atoms with van der Waals surface area (Å²) in [4.78, 5) is 1.26. The van der Waals surface area contributed by atoms with Crippen LogP contribution in [0.4, 0.5) is 0 Å². The minimum Gasteiger partial charge on any atom is -0.455 e. The number of hydrogen-bond acceptors (Lipinski definition) is 2. The van der Waals surface area contributed by atoms with Crippen LogP contribution in [0.3, 0.4) is 0 Å². The van der Waals surface area contributed by atoms with Crippen molar-refractivity contribution in [3.63, 3.8) is 0 Å². The first-order valence-electron chi connectivity index (χ1n) is 15.7. The Morgan fingerprint density at radius 1 is 0.413 bits per heavy atom. The molecule has 8 aromatic carbocycles. The van der Waals surface area contributed by atoms with Crippen molar-refractivity contribution in [1.82, 2.24) is 0 Å². The average molecular weight is 603 g/mol. The summed E-state index contributed by atoms with van der Waals surface area (Å²) in [6.07, 6.45) is 0. The molecule has 0 atom stereocenters. The first-order valence-corrected chi connectivity index (χ1v) is 16.5. The van der Waals surface area contributed by atoms with Gasteiger partial charge in [-0.25, -0.2) is 0 Å². The second kappa shape index (κ2) is 9.90. The van der Waals surface area contributed by atoms with Crippen LogP contribution >= 0.6 is 11.3 Å². The van der Waals surface area contributed by atoms with Crippen molar-refractivity contribution in [2.75, 3.05) is 0 Å². The van der Waals surface area contributed by atoms with Gasteiger partial charge in [0.1, 0.15) is 11.2 Å². The van der Waals surface area contributed by atoms with Gasteiger partial charge in [-0.3, -0.25) is 0 Å². The van der Waals surface area contributed by atoms with Gasteiger partial charge in [-0.05, 0) is 72.6 Å². The van der Waals surface area contributed by atoms with Crippen LogP contribution in [-0.4, -0.2) is 0 Å². The van der Waals surface area contributed by atoms with Gasteiger partial charge < -0.3 is 4.42 Å². The molecule has 1 nitrogen and oxygen atoms in total. The minimum atomic E-state index is 0.918. The van der Waals surface area contributed by atoms with Crippen molar-refractivity contribution in [2.45, 2.75) is 0 Å². The monoisotopic (exact) mass is 602 g/mol. The molecule has 0 aliphatic rings. The zero-order chi connectivity index (χ0) is 30.2. The highest BCUT2D eigenvalue weighted by atomic mass is 32.1. The van der Waals surface area contributed by atoms with E-state index >= 15 is 0 Å². The van der Waals surface area contributed by atoms with E-state index in [-0.39, 0.29) is 0 Å². The number of benzene rings is 8. The predicted molar refractivity (Wildman–Crippen MR) is 198 cm³/mol. The van der Waals surface area contributed by atoms with Gasteiger partial charge in [0.05, 0.1) is 0 Å². The summed E-state index contributed by atoms with van der Waals surface area (Å²) in [5.74, 6) is 0. The molecule has 0 radical (unpaired) electrons. The van der Waals surface area contributed by atoms with Gasteiger partial charge in [0, 0.05) is 31.5 Å². The lowest BCUT2D eigenvalue weighted by Gasteiger charge is -2.19. The minimum absolute atomic E-state index is 0.918. The molecule has 10 rings (SSSR count). The first kappa shape index (κ1) is 25.6. The van der Waals surface area contributed by atoms with Crippen LogP contribution < -0.4 is 0 Å². The average Bonchev–Trinajstić information content (AvgIpc) is 3.73. The molecule has 10 aromatic rings. The number of fused-ring (bicyclic) bond motifs is 8. The second-order valence-electron chi connectivity index (χ2n) is 12.0. The largest absolute Gasteiger partial charge is 0.455 e. The van der Waals surface area contributed by atoms with E-state index in [1.165, 1.54) is 74.9 Å². The lowest BCUT2D eigenvalue weighted by molar-refractivity contribution is 0.670. The van der Waals surface area contributed by atoms with E-state index in [1.54, 1.807) is 0 Å². The Balaban J connectivity index is 1.38. The van der Waals surface area contributed by atoms with Crippen molar-refractivity contribution in [2.24, 2.45) is 0 Å². The lowest BCUT2D eigenvalue weighted by atomic mass is 9.84. The highest BCUT2D eigenvalue weighted by Crippen LogP contribution is 2.50. The van der Waals surface area contributed by atoms with Gasteiger partial charge in [0.15, 0.2) is 0 Å². The summed E-state index contributed by atoms with van der Waals surface area (Å²) < 4.78 is 8.11. The molecule has 0 bridgehead atoms. The Morgan fingerprint density at radius 2 is 0.978 bits per heavy atom. The first-order chi connectivity index (χ1) is 22.8. The third kappa shape index (κ3) is 3.68. The highest BCUT2D eigenvalue weighted by molar-refractivity contribution is 7.23. The normalized spacial score (nSPS) is 11.9. The Bertz CT molecular complexity index is 2740. The SMILES string of the molecule is c1ccc(-c2cc3cc(-c4c5ccccc5c(-c5cccc6ccccc56)c5ccccc45)c4oc5ccccc5c4c3s2)cc1. The molecule has 0 unspecified atom stereocenters. The summed E-state index contributed by atoms with van der Waals surface area (Å²) in [6.45, 7) is 0. The fourth-order valence-electron chi connectivity index (χ4n) is 7.47. The van der Waals surface area contributed by atoms with E-state index < -0.39 is 0 Å². The quantitative estimate of drug-likeness (QED) is 0.183. The predicted octanol–water partition coefficient (Wildman–Crippen LogP) is 13.3. The number of hydrogen-bond donors (Lipinski definition) is 0. The Hall–Kier alpha value is -5.70. The summed E-state index contributed by atoms with van der Waals surface area (Å²) >= 11 is 1.85. The fraction of sp³-hybridized carbons (Fsp3) is 0. The summed E-state index contributed by atoms with van der Waals surface area (Å²) in [6, 6.07) is 57.1. The van der Waals surface area contributed by atoms with Crippen LogP contribution in [0.2, 0.25) is 0 Å². The standard InChI is InChI=1S/C44H26OS/c1-2-14-28(15-3-1)39-26-29-25-37(43-42(44(29)46-39)36-22-10-11-24-38(36)45-43)41-34-20-8-6-18-32(34)40(33-19-7-9-21-35(33)41)31-23-12-16-27-13-4-5-17-30(27)31/h1-26H. The van der Waals surface area contributed by atoms with E-state index in [0.29, 0.717) is 0 Å². The van der Waals surface area contributed by atoms with E-state index in [4.69, 9.17) is 4.42 Å². The number of para-hydroxylation sites is 1. The molecule has 0 fully saturated rings. The highest BCUT2D eigenvalue weighted by Gasteiger charge is 2.23. The van der Waals surface area contributed by atoms with E-state index in [1.807, 2.05) is 11.3 Å². The molecule has 0 aliphatic heterocycles. The van der Waals surface area contributed by atoms with Gasteiger partial charge in [0.25, 0.3) is 0 Å². The third-order valence-corrected chi connectivity index (χ3v) is 10.7. The number of furan rings is 1. The smallest absolute Gasteiger partial charge is 0.144 e. The molecule has 2 aromatic heterocycles. The molecular formula is C44H26OS. The van der Waals surface area contributed by atoms with Crippen LogP contribution in [0.1, 0.15) is 0 Å². The number of thiophene rings is 1. The van der Waals surface area contributed by atoms with Crippen molar-refractivity contribution in [1.29, 1.82) is 0 Å². The van der Waals surface area contributed by atoms with Crippen LogP contribution in [0, 0.1) is 0 Å². The van der Waals surface area contributed by atoms with Crippen molar-refractivity contribution in [3.8, 4) is 32.7 Å². The maximum absolute atomic E-state index is 6.84. The molecule has 0 N–H and O–H groups in total. The van der Waals surface area contributed by atoms with Crippen LogP contribution in [0.15, 0.2) is 162 Å². The molecule has 46 heavy (non-hydrogen) atoms. The Kier molecular flexibility index (Phi) is 5.51. The third-order valence-electron chi connectivity index (χ3n) is 9.45. The second-order valence-corrected chi connectivity index (χ2v) is 13.0. The van der Waals surface area contributed by atoms with Crippen molar-refractivity contribution < 1.29 is 4.42 Å². The summed E-state index contributed by atoms with van der Waals surface area (Å²) in [7, 11) is 0. The van der Waals surface area contributed by atoms with Gasteiger partial charge >= 0.3 is 0 Å². The fourth-order valence-corrected chi connectivity index (χ4v) is 8.67. The van der Waals surface area contributed by atoms with Gasteiger partial charge in [-0.15, -0.1) is 11.3 Å². The summed E-state index contributed by atoms with van der Waals surface area (Å²) in [5, 5.41) is 11.0. The van der Waals surface area contributed by atoms with Crippen LogP contribution in [-0.2, 0) is 0 Å². The molecule has 214 valence electrons. The molecule has 0 aliphatic carbocycles. The molecule has 0 saturated carbocycles. The van der Waals surface area contributed by atoms with Crippen LogP contribution in [0.25, 0.3) is 97.0 Å². The maximum Gasteiger partial charge on any atom is 0.144 e. The van der Waals surface area contributed by atoms with Crippen molar-refractivity contribution in [3.05, 3.63) is 158 Å². The Labute approximate surface area is 269 Å². The lowest BCUT2D eigenvalue weighted by Crippen LogP contribution is -1.92. The van der Waals surface area contributed by atoms with E-state index in [9.17, 15) is 0 Å². The zero-order valence-electron chi connectivity index (χ0n) is 24.8. The molecule has 0 saturated heterocycles. The van der Waals surface area contributed by atoms with E-state index in [0.717, 1.165) is 22.1 Å². The van der Waals surface area contributed by atoms with Gasteiger partial charge in [0.2, 0.25) is 0 Å². The van der Waals surface area contributed by atoms with Crippen molar-refractivity contribution >= 4 is 75.7 Å². The number of rotatable bonds is 3. The zero-order valence-corrected chi connectivity index (χ0v) is 25.6.